The molecule has 8 nitrogen and oxygen atoms in total. The third-order valence-corrected chi connectivity index (χ3v) is 5.81. The van der Waals surface area contributed by atoms with Crippen LogP contribution in [-0.2, 0) is 16.0 Å². The zero-order valence-electron chi connectivity index (χ0n) is 17.3. The minimum atomic E-state index is -1.00. The molecule has 4 amide bonds. The SMILES string of the molecule is O=C1NC(=O)N(c2cccc([N+](=O)[O-])c2)C(=O)/C1=C/c1ccc(Cc2cccc(F)c2)c(Br)c1. The molecule has 34 heavy (non-hydrogen) atoms. The lowest BCUT2D eigenvalue weighted by Gasteiger charge is -2.26. The summed E-state index contributed by atoms with van der Waals surface area (Å²) < 4.78 is 14.1. The molecule has 3 aromatic carbocycles. The molecule has 1 aliphatic rings. The summed E-state index contributed by atoms with van der Waals surface area (Å²) in [6.07, 6.45) is 1.79. The fourth-order valence-corrected chi connectivity index (χ4v) is 4.00. The second-order valence-electron chi connectivity index (χ2n) is 7.39. The van der Waals surface area contributed by atoms with Crippen molar-refractivity contribution in [2.24, 2.45) is 0 Å². The number of carbonyl (C=O) groups is 3. The van der Waals surface area contributed by atoms with Crippen LogP contribution in [0.4, 0.5) is 20.6 Å². The number of non-ortho nitro benzene ring substituents is 1. The molecule has 0 unspecified atom stereocenters. The Morgan fingerprint density at radius 3 is 2.50 bits per heavy atom. The van der Waals surface area contributed by atoms with Crippen LogP contribution in [0.25, 0.3) is 6.08 Å². The maximum atomic E-state index is 13.5. The third kappa shape index (κ3) is 4.76. The largest absolute Gasteiger partial charge is 0.335 e. The number of nitrogens with zero attached hydrogens (tertiary/aromatic N) is 2. The van der Waals surface area contributed by atoms with Crippen LogP contribution in [0.3, 0.4) is 0 Å². The van der Waals surface area contributed by atoms with Crippen LogP contribution < -0.4 is 10.2 Å². The number of rotatable bonds is 5. The molecule has 0 aliphatic carbocycles. The molecule has 1 saturated heterocycles. The number of benzene rings is 3. The van der Waals surface area contributed by atoms with E-state index in [0.717, 1.165) is 17.2 Å². The smallest absolute Gasteiger partial charge is 0.273 e. The lowest BCUT2D eigenvalue weighted by atomic mass is 10.0. The summed E-state index contributed by atoms with van der Waals surface area (Å²) in [7, 11) is 0. The normalized spacial score (nSPS) is 14.9. The van der Waals surface area contributed by atoms with E-state index >= 15 is 0 Å². The molecule has 0 saturated carbocycles. The van der Waals surface area contributed by atoms with Crippen molar-refractivity contribution in [3.63, 3.8) is 0 Å². The van der Waals surface area contributed by atoms with Gasteiger partial charge in [-0.15, -0.1) is 0 Å². The molecule has 10 heteroatoms. The molecule has 1 fully saturated rings. The van der Waals surface area contributed by atoms with Gasteiger partial charge in [-0.05, 0) is 53.5 Å². The van der Waals surface area contributed by atoms with Crippen LogP contribution >= 0.6 is 15.9 Å². The van der Waals surface area contributed by atoms with E-state index in [-0.39, 0.29) is 22.8 Å². The number of halogens is 2. The summed E-state index contributed by atoms with van der Waals surface area (Å²) >= 11 is 3.46. The van der Waals surface area contributed by atoms with Crippen LogP contribution in [0, 0.1) is 15.9 Å². The van der Waals surface area contributed by atoms with E-state index in [4.69, 9.17) is 0 Å². The van der Waals surface area contributed by atoms with E-state index in [9.17, 15) is 28.9 Å². The first-order chi connectivity index (χ1) is 16.2. The summed E-state index contributed by atoms with van der Waals surface area (Å²) in [6.45, 7) is 0. The standard InChI is InChI=1S/C24H15BrFN3O5/c25-21-12-15(7-8-16(21)9-14-3-1-4-17(26)10-14)11-20-22(30)27-24(32)28(23(20)31)18-5-2-6-19(13-18)29(33)34/h1-8,10-13H,9H2,(H,27,30,32)/b20-11+. The van der Waals surface area contributed by atoms with Gasteiger partial charge in [0, 0.05) is 16.6 Å². The van der Waals surface area contributed by atoms with Gasteiger partial charge in [-0.1, -0.05) is 46.3 Å². The van der Waals surface area contributed by atoms with Gasteiger partial charge in [0.25, 0.3) is 17.5 Å². The van der Waals surface area contributed by atoms with Gasteiger partial charge < -0.3 is 0 Å². The molecule has 1 heterocycles. The minimum Gasteiger partial charge on any atom is -0.273 e. The van der Waals surface area contributed by atoms with Crippen molar-refractivity contribution in [3.8, 4) is 0 Å². The van der Waals surface area contributed by atoms with Crippen LogP contribution in [0.15, 0.2) is 76.8 Å². The molecule has 0 radical (unpaired) electrons. The summed E-state index contributed by atoms with van der Waals surface area (Å²) in [6, 6.07) is 15.4. The average Bonchev–Trinajstić information content (AvgIpc) is 2.78. The number of hydrogen-bond donors (Lipinski definition) is 1. The predicted octanol–water partition coefficient (Wildman–Crippen LogP) is 4.75. The van der Waals surface area contributed by atoms with Crippen molar-refractivity contribution in [2.75, 3.05) is 4.90 Å². The number of hydrogen-bond acceptors (Lipinski definition) is 5. The zero-order valence-corrected chi connectivity index (χ0v) is 18.9. The van der Waals surface area contributed by atoms with Crippen LogP contribution in [0.5, 0.6) is 0 Å². The first kappa shape index (κ1) is 23.0. The van der Waals surface area contributed by atoms with Gasteiger partial charge in [0.1, 0.15) is 11.4 Å². The van der Waals surface area contributed by atoms with Crippen LogP contribution in [0.2, 0.25) is 0 Å². The van der Waals surface area contributed by atoms with Crippen molar-refractivity contribution < 1.29 is 23.7 Å². The zero-order chi connectivity index (χ0) is 24.4. The number of nitrogens with one attached hydrogen (secondary N) is 1. The van der Waals surface area contributed by atoms with E-state index in [0.29, 0.717) is 21.4 Å². The Morgan fingerprint density at radius 1 is 1.03 bits per heavy atom. The Bertz CT molecular complexity index is 1390. The van der Waals surface area contributed by atoms with Crippen molar-refractivity contribution in [3.05, 3.63) is 109 Å². The van der Waals surface area contributed by atoms with Gasteiger partial charge in [-0.2, -0.15) is 0 Å². The highest BCUT2D eigenvalue weighted by Gasteiger charge is 2.37. The fourth-order valence-electron chi connectivity index (χ4n) is 3.47. The Labute approximate surface area is 201 Å². The van der Waals surface area contributed by atoms with Gasteiger partial charge in [0.2, 0.25) is 0 Å². The quantitative estimate of drug-likeness (QED) is 0.224. The van der Waals surface area contributed by atoms with Gasteiger partial charge >= 0.3 is 6.03 Å². The monoisotopic (exact) mass is 523 g/mol. The van der Waals surface area contributed by atoms with E-state index in [1.54, 1.807) is 30.3 Å². The maximum absolute atomic E-state index is 13.5. The molecule has 1 aliphatic heterocycles. The molecule has 0 aromatic heterocycles. The van der Waals surface area contributed by atoms with E-state index < -0.39 is 22.8 Å². The number of carbonyl (C=O) groups excluding carboxylic acids is 3. The Hall–Kier alpha value is -4.18. The number of amides is 4. The molecule has 0 spiro atoms. The lowest BCUT2D eigenvalue weighted by molar-refractivity contribution is -0.384. The van der Waals surface area contributed by atoms with Crippen molar-refractivity contribution in [1.82, 2.24) is 5.32 Å². The number of nitro benzene ring substituents is 1. The number of anilines is 1. The molecule has 170 valence electrons. The minimum absolute atomic E-state index is 0.0401. The van der Waals surface area contributed by atoms with Gasteiger partial charge in [0.15, 0.2) is 0 Å². The summed E-state index contributed by atoms with van der Waals surface area (Å²) in [4.78, 5) is 48.8. The van der Waals surface area contributed by atoms with Crippen molar-refractivity contribution >= 4 is 51.2 Å². The lowest BCUT2D eigenvalue weighted by Crippen LogP contribution is -2.54. The molecule has 0 atom stereocenters. The molecule has 1 N–H and O–H groups in total. The van der Waals surface area contributed by atoms with Crippen LogP contribution in [0.1, 0.15) is 16.7 Å². The highest BCUT2D eigenvalue weighted by molar-refractivity contribution is 9.10. The fraction of sp³-hybridized carbons (Fsp3) is 0.0417. The maximum Gasteiger partial charge on any atom is 0.335 e. The number of nitro groups is 1. The van der Waals surface area contributed by atoms with Gasteiger partial charge in [-0.3, -0.25) is 25.0 Å². The average molecular weight is 524 g/mol. The molecular formula is C24H15BrFN3O5. The Morgan fingerprint density at radius 2 is 1.79 bits per heavy atom. The predicted molar refractivity (Wildman–Crippen MR) is 125 cm³/mol. The first-order valence-corrected chi connectivity index (χ1v) is 10.7. The number of imide groups is 2. The number of barbiturate groups is 1. The third-order valence-electron chi connectivity index (χ3n) is 5.07. The second-order valence-corrected chi connectivity index (χ2v) is 8.25. The summed E-state index contributed by atoms with van der Waals surface area (Å²) in [5.41, 5.74) is 1.48. The summed E-state index contributed by atoms with van der Waals surface area (Å²) in [5, 5.41) is 13.1. The van der Waals surface area contributed by atoms with Crippen LogP contribution in [-0.4, -0.2) is 22.8 Å². The Kier molecular flexibility index (Phi) is 6.33. The first-order valence-electron chi connectivity index (χ1n) is 9.92. The van der Waals surface area contributed by atoms with E-state index in [1.165, 1.54) is 36.4 Å². The molecule has 0 bridgehead atoms. The highest BCUT2D eigenvalue weighted by Crippen LogP contribution is 2.27. The van der Waals surface area contributed by atoms with Gasteiger partial charge in [-0.25, -0.2) is 14.1 Å². The number of urea groups is 1. The van der Waals surface area contributed by atoms with E-state index in [1.807, 2.05) is 0 Å². The van der Waals surface area contributed by atoms with Gasteiger partial charge in [0.05, 0.1) is 10.6 Å². The molecule has 3 aromatic rings. The summed E-state index contributed by atoms with van der Waals surface area (Å²) in [5.74, 6) is -2.12. The second kappa shape index (κ2) is 9.36. The van der Waals surface area contributed by atoms with Crippen molar-refractivity contribution in [1.29, 1.82) is 0 Å². The topological polar surface area (TPSA) is 110 Å². The van der Waals surface area contributed by atoms with E-state index in [2.05, 4.69) is 21.2 Å². The van der Waals surface area contributed by atoms with Crippen molar-refractivity contribution in [2.45, 2.75) is 6.42 Å². The molecule has 4 rings (SSSR count). The molecular weight excluding hydrogens is 509 g/mol. The Balaban J connectivity index is 1.64. The highest BCUT2D eigenvalue weighted by atomic mass is 79.9.